The molecule has 84 valence electrons. The van der Waals surface area contributed by atoms with E-state index in [2.05, 4.69) is 20.7 Å². The maximum atomic E-state index is 5.83. The molecule has 0 amide bonds. The fourth-order valence-electron chi connectivity index (χ4n) is 1.51. The molecule has 1 unspecified atom stereocenters. The lowest BCUT2D eigenvalue weighted by Gasteiger charge is -2.15. The lowest BCUT2D eigenvalue weighted by Crippen LogP contribution is -2.30. The molecule has 0 bridgehead atoms. The molecule has 0 fully saturated rings. The van der Waals surface area contributed by atoms with Crippen LogP contribution in [0.5, 0.6) is 0 Å². The fourth-order valence-corrected chi connectivity index (χ4v) is 1.69. The van der Waals surface area contributed by atoms with Crippen LogP contribution in [0, 0.1) is 0 Å². The Morgan fingerprint density at radius 2 is 2.38 bits per heavy atom. The predicted molar refractivity (Wildman–Crippen MR) is 59.4 cm³/mol. The van der Waals surface area contributed by atoms with E-state index in [1.54, 1.807) is 30.2 Å². The third-order valence-electron chi connectivity index (χ3n) is 2.30. The summed E-state index contributed by atoms with van der Waals surface area (Å²) < 4.78 is 1.65. The monoisotopic (exact) mass is 238 g/mol. The second-order valence-electron chi connectivity index (χ2n) is 3.29. The number of halogens is 1. The summed E-state index contributed by atoms with van der Waals surface area (Å²) in [6.07, 6.45) is 3.28. The Morgan fingerprint density at radius 3 is 2.94 bits per heavy atom. The van der Waals surface area contributed by atoms with Crippen molar-refractivity contribution in [3.8, 4) is 0 Å². The van der Waals surface area contributed by atoms with Gasteiger partial charge in [0, 0.05) is 13.2 Å². The van der Waals surface area contributed by atoms with Gasteiger partial charge >= 0.3 is 0 Å². The lowest BCUT2D eigenvalue weighted by molar-refractivity contribution is 0.570. The SMILES string of the molecule is Cn1nncc1C(NN)c1ccnc(Cl)c1. The van der Waals surface area contributed by atoms with Crippen LogP contribution in [0.1, 0.15) is 17.3 Å². The van der Waals surface area contributed by atoms with Crippen molar-refractivity contribution in [1.82, 2.24) is 25.4 Å². The van der Waals surface area contributed by atoms with Crippen molar-refractivity contribution >= 4 is 11.6 Å². The minimum atomic E-state index is -0.208. The zero-order chi connectivity index (χ0) is 11.5. The van der Waals surface area contributed by atoms with Gasteiger partial charge in [-0.1, -0.05) is 16.8 Å². The number of hydrazine groups is 1. The Morgan fingerprint density at radius 1 is 1.56 bits per heavy atom. The molecule has 0 saturated carbocycles. The molecule has 0 saturated heterocycles. The van der Waals surface area contributed by atoms with Crippen molar-refractivity contribution in [2.24, 2.45) is 12.9 Å². The van der Waals surface area contributed by atoms with Gasteiger partial charge in [-0.3, -0.25) is 10.5 Å². The molecule has 2 heterocycles. The Bertz CT molecular complexity index is 482. The van der Waals surface area contributed by atoms with E-state index >= 15 is 0 Å². The molecule has 1 atom stereocenters. The summed E-state index contributed by atoms with van der Waals surface area (Å²) in [7, 11) is 1.80. The van der Waals surface area contributed by atoms with E-state index in [0.717, 1.165) is 11.3 Å². The minimum Gasteiger partial charge on any atom is -0.271 e. The first-order valence-corrected chi connectivity index (χ1v) is 5.02. The predicted octanol–water partition coefficient (Wildman–Crippen LogP) is 0.416. The van der Waals surface area contributed by atoms with Crippen LogP contribution in [-0.2, 0) is 7.05 Å². The summed E-state index contributed by atoms with van der Waals surface area (Å²) in [6, 6.07) is 3.38. The Hall–Kier alpha value is -1.50. The summed E-state index contributed by atoms with van der Waals surface area (Å²) in [6.45, 7) is 0. The smallest absolute Gasteiger partial charge is 0.129 e. The van der Waals surface area contributed by atoms with Gasteiger partial charge in [0.1, 0.15) is 5.15 Å². The molecule has 3 N–H and O–H groups in total. The number of aryl methyl sites for hydroxylation is 1. The average molecular weight is 239 g/mol. The summed E-state index contributed by atoms with van der Waals surface area (Å²) >= 11 is 5.83. The summed E-state index contributed by atoms with van der Waals surface area (Å²) in [5.41, 5.74) is 4.46. The maximum Gasteiger partial charge on any atom is 0.129 e. The van der Waals surface area contributed by atoms with Gasteiger partial charge in [-0.2, -0.15) is 0 Å². The summed E-state index contributed by atoms with van der Waals surface area (Å²) in [4.78, 5) is 3.92. The van der Waals surface area contributed by atoms with Gasteiger partial charge in [-0.15, -0.1) is 5.10 Å². The number of hydrogen-bond donors (Lipinski definition) is 2. The van der Waals surface area contributed by atoms with Crippen molar-refractivity contribution in [2.75, 3.05) is 0 Å². The second kappa shape index (κ2) is 4.56. The van der Waals surface area contributed by atoms with E-state index < -0.39 is 0 Å². The van der Waals surface area contributed by atoms with Crippen molar-refractivity contribution in [3.63, 3.8) is 0 Å². The lowest BCUT2D eigenvalue weighted by atomic mass is 10.1. The molecule has 6 nitrogen and oxygen atoms in total. The highest BCUT2D eigenvalue weighted by Crippen LogP contribution is 2.21. The molecule has 0 aliphatic rings. The molecular weight excluding hydrogens is 228 g/mol. The highest BCUT2D eigenvalue weighted by Gasteiger charge is 2.16. The van der Waals surface area contributed by atoms with Crippen LogP contribution in [0.15, 0.2) is 24.5 Å². The summed E-state index contributed by atoms with van der Waals surface area (Å²) in [5.74, 6) is 5.53. The summed E-state index contributed by atoms with van der Waals surface area (Å²) in [5, 5.41) is 8.09. The first kappa shape index (κ1) is 11.0. The number of nitrogens with one attached hydrogen (secondary N) is 1. The van der Waals surface area contributed by atoms with Crippen LogP contribution in [0.4, 0.5) is 0 Å². The molecule has 0 radical (unpaired) electrons. The molecule has 16 heavy (non-hydrogen) atoms. The maximum absolute atomic E-state index is 5.83. The third kappa shape index (κ3) is 2.04. The zero-order valence-electron chi connectivity index (χ0n) is 8.63. The van der Waals surface area contributed by atoms with Crippen LogP contribution in [0.25, 0.3) is 0 Å². The van der Waals surface area contributed by atoms with E-state index in [4.69, 9.17) is 17.4 Å². The number of aromatic nitrogens is 4. The van der Waals surface area contributed by atoms with E-state index in [-0.39, 0.29) is 6.04 Å². The highest BCUT2D eigenvalue weighted by molar-refractivity contribution is 6.29. The molecule has 0 aromatic carbocycles. The third-order valence-corrected chi connectivity index (χ3v) is 2.50. The number of hydrogen-bond acceptors (Lipinski definition) is 5. The fraction of sp³-hybridized carbons (Fsp3) is 0.222. The molecular formula is C9H11ClN6. The molecule has 2 aromatic heterocycles. The first-order valence-electron chi connectivity index (χ1n) is 4.64. The van der Waals surface area contributed by atoms with Crippen LogP contribution < -0.4 is 11.3 Å². The Labute approximate surface area is 97.4 Å². The minimum absolute atomic E-state index is 0.208. The van der Waals surface area contributed by atoms with Gasteiger partial charge in [-0.05, 0) is 17.7 Å². The molecule has 0 spiro atoms. The van der Waals surface area contributed by atoms with Crippen LogP contribution >= 0.6 is 11.6 Å². The first-order chi connectivity index (χ1) is 7.72. The van der Waals surface area contributed by atoms with Crippen LogP contribution in [0.2, 0.25) is 5.15 Å². The van der Waals surface area contributed by atoms with Crippen LogP contribution in [0.3, 0.4) is 0 Å². The standard InChI is InChI=1S/C9H11ClN6/c1-16-7(5-13-15-16)9(14-11)6-2-3-12-8(10)4-6/h2-5,9,14H,11H2,1H3. The van der Waals surface area contributed by atoms with Gasteiger partial charge < -0.3 is 0 Å². The van der Waals surface area contributed by atoms with E-state index in [1.807, 2.05) is 6.07 Å². The Kier molecular flexibility index (Phi) is 3.14. The second-order valence-corrected chi connectivity index (χ2v) is 3.68. The largest absolute Gasteiger partial charge is 0.271 e. The van der Waals surface area contributed by atoms with E-state index in [0.29, 0.717) is 5.15 Å². The number of nitrogens with two attached hydrogens (primary N) is 1. The Balaban J connectivity index is 2.40. The van der Waals surface area contributed by atoms with Crippen molar-refractivity contribution in [3.05, 3.63) is 40.9 Å². The van der Waals surface area contributed by atoms with Gasteiger partial charge in [0.15, 0.2) is 0 Å². The quantitative estimate of drug-likeness (QED) is 0.460. The topological polar surface area (TPSA) is 81.7 Å². The number of nitrogens with zero attached hydrogens (tertiary/aromatic N) is 4. The van der Waals surface area contributed by atoms with Crippen LogP contribution in [-0.4, -0.2) is 20.0 Å². The zero-order valence-corrected chi connectivity index (χ0v) is 9.39. The molecule has 0 aliphatic heterocycles. The molecule has 7 heteroatoms. The molecule has 0 aliphatic carbocycles. The van der Waals surface area contributed by atoms with Gasteiger partial charge in [-0.25, -0.2) is 10.4 Å². The van der Waals surface area contributed by atoms with Crippen molar-refractivity contribution < 1.29 is 0 Å². The number of pyridine rings is 1. The molecule has 2 rings (SSSR count). The number of rotatable bonds is 3. The van der Waals surface area contributed by atoms with E-state index in [1.165, 1.54) is 0 Å². The highest BCUT2D eigenvalue weighted by atomic mass is 35.5. The van der Waals surface area contributed by atoms with Crippen molar-refractivity contribution in [1.29, 1.82) is 0 Å². The normalized spacial score (nSPS) is 12.7. The van der Waals surface area contributed by atoms with E-state index in [9.17, 15) is 0 Å². The van der Waals surface area contributed by atoms with Crippen molar-refractivity contribution in [2.45, 2.75) is 6.04 Å². The average Bonchev–Trinajstić information content (AvgIpc) is 2.67. The van der Waals surface area contributed by atoms with Gasteiger partial charge in [0.25, 0.3) is 0 Å². The van der Waals surface area contributed by atoms with Gasteiger partial charge in [0.05, 0.1) is 17.9 Å². The molecule has 2 aromatic rings. The van der Waals surface area contributed by atoms with Gasteiger partial charge in [0.2, 0.25) is 0 Å².